The summed E-state index contributed by atoms with van der Waals surface area (Å²) in [7, 11) is -4.21. The van der Waals surface area contributed by atoms with Crippen molar-refractivity contribution in [2.75, 3.05) is 6.61 Å². The largest absolute Gasteiger partial charge is 0.449 e. The Kier molecular flexibility index (Phi) is 8.92. The van der Waals surface area contributed by atoms with E-state index in [2.05, 4.69) is 23.1 Å². The summed E-state index contributed by atoms with van der Waals surface area (Å²) >= 11 is 0. The molecular formula is C34H36N4O4S. The maximum Gasteiger partial charge on any atom is 0.421 e. The average molecular weight is 597 g/mol. The minimum absolute atomic E-state index is 0.00334. The molecule has 1 N–H and O–H groups in total. The molecule has 222 valence electrons. The maximum atomic E-state index is 13.4. The van der Waals surface area contributed by atoms with Crippen LogP contribution in [0.4, 0.5) is 4.79 Å². The van der Waals surface area contributed by atoms with Crippen LogP contribution in [0, 0.1) is 13.8 Å². The van der Waals surface area contributed by atoms with Gasteiger partial charge in [-0.3, -0.25) is 0 Å². The number of ether oxygens (including phenoxy) is 1. The van der Waals surface area contributed by atoms with E-state index in [9.17, 15) is 13.2 Å². The summed E-state index contributed by atoms with van der Waals surface area (Å²) < 4.78 is 36.1. The lowest BCUT2D eigenvalue weighted by molar-refractivity contribution is 0.151. The van der Waals surface area contributed by atoms with Crippen molar-refractivity contribution in [3.63, 3.8) is 0 Å². The number of hydrogen-bond acceptors (Lipinski definition) is 6. The van der Waals surface area contributed by atoms with Crippen molar-refractivity contribution in [3.05, 3.63) is 102 Å². The fourth-order valence-electron chi connectivity index (χ4n) is 5.16. The highest BCUT2D eigenvalue weighted by molar-refractivity contribution is 7.90. The molecule has 0 aliphatic heterocycles. The van der Waals surface area contributed by atoms with Gasteiger partial charge in [0, 0.05) is 17.7 Å². The zero-order chi connectivity index (χ0) is 30.6. The number of pyridine rings is 1. The Labute approximate surface area is 252 Å². The van der Waals surface area contributed by atoms with E-state index in [4.69, 9.17) is 14.7 Å². The van der Waals surface area contributed by atoms with Crippen LogP contribution in [0.25, 0.3) is 33.4 Å². The van der Waals surface area contributed by atoms with Gasteiger partial charge in [-0.05, 0) is 66.3 Å². The van der Waals surface area contributed by atoms with Crippen LogP contribution in [0.3, 0.4) is 0 Å². The summed E-state index contributed by atoms with van der Waals surface area (Å²) in [4.78, 5) is 21.9. The molecule has 5 aromatic rings. The van der Waals surface area contributed by atoms with Gasteiger partial charge in [0.1, 0.15) is 11.3 Å². The van der Waals surface area contributed by atoms with Crippen molar-refractivity contribution in [2.24, 2.45) is 0 Å². The molecule has 0 radical (unpaired) electrons. The van der Waals surface area contributed by atoms with E-state index in [1.165, 1.54) is 6.07 Å². The van der Waals surface area contributed by atoms with Gasteiger partial charge in [-0.1, -0.05) is 80.9 Å². The Morgan fingerprint density at radius 3 is 2.30 bits per heavy atom. The summed E-state index contributed by atoms with van der Waals surface area (Å²) in [6, 6.07) is 24.7. The van der Waals surface area contributed by atoms with E-state index in [0.717, 1.165) is 57.8 Å². The van der Waals surface area contributed by atoms with Gasteiger partial charge in [0.25, 0.3) is 10.0 Å². The molecule has 0 unspecified atom stereocenters. The summed E-state index contributed by atoms with van der Waals surface area (Å²) in [6.45, 7) is 8.81. The lowest BCUT2D eigenvalue weighted by atomic mass is 9.98. The molecule has 0 fully saturated rings. The van der Waals surface area contributed by atoms with Gasteiger partial charge in [-0.25, -0.2) is 27.9 Å². The van der Waals surface area contributed by atoms with E-state index in [1.54, 1.807) is 6.07 Å². The van der Waals surface area contributed by atoms with Gasteiger partial charge in [-0.2, -0.15) is 0 Å². The molecule has 2 aromatic heterocycles. The number of rotatable bonds is 10. The zero-order valence-corrected chi connectivity index (χ0v) is 25.7. The van der Waals surface area contributed by atoms with Gasteiger partial charge in [0.15, 0.2) is 5.65 Å². The number of aromatic nitrogens is 3. The van der Waals surface area contributed by atoms with Crippen LogP contribution in [0.5, 0.6) is 0 Å². The Balaban J connectivity index is 1.51. The van der Waals surface area contributed by atoms with E-state index in [1.807, 2.05) is 80.6 Å². The van der Waals surface area contributed by atoms with Crippen molar-refractivity contribution in [3.8, 4) is 22.3 Å². The van der Waals surface area contributed by atoms with Crippen molar-refractivity contribution in [1.82, 2.24) is 19.3 Å². The lowest BCUT2D eigenvalue weighted by Gasteiger charge is -2.15. The smallest absolute Gasteiger partial charge is 0.421 e. The van der Waals surface area contributed by atoms with Crippen LogP contribution in [-0.2, 0) is 27.7 Å². The van der Waals surface area contributed by atoms with Crippen molar-refractivity contribution < 1.29 is 17.9 Å². The molecule has 43 heavy (non-hydrogen) atoms. The SMILES string of the molecule is CCCCOC(=O)NS(=O)(=O)c1ccc(-c2ccccc2)cc1-c1ccc(Cn2c(CC)nc3c(C)cc(C)nc32)cc1. The topological polar surface area (TPSA) is 103 Å². The molecule has 2 heterocycles. The second-order valence-electron chi connectivity index (χ2n) is 10.6. The molecule has 0 saturated heterocycles. The quantitative estimate of drug-likeness (QED) is 0.171. The predicted octanol–water partition coefficient (Wildman–Crippen LogP) is 7.21. The van der Waals surface area contributed by atoms with Gasteiger partial charge in [0.05, 0.1) is 18.0 Å². The van der Waals surface area contributed by atoms with Crippen LogP contribution in [0.1, 0.15) is 49.3 Å². The summed E-state index contributed by atoms with van der Waals surface area (Å²) in [6.07, 6.45) is 1.27. The van der Waals surface area contributed by atoms with Gasteiger partial charge in [0.2, 0.25) is 0 Å². The first-order chi connectivity index (χ1) is 20.7. The molecule has 0 atom stereocenters. The van der Waals surface area contributed by atoms with E-state index < -0.39 is 16.1 Å². The van der Waals surface area contributed by atoms with Gasteiger partial charge >= 0.3 is 6.09 Å². The van der Waals surface area contributed by atoms with Crippen LogP contribution in [0.15, 0.2) is 83.8 Å². The van der Waals surface area contributed by atoms with E-state index in [-0.39, 0.29) is 11.5 Å². The Bertz CT molecular complexity index is 1860. The molecule has 1 amide bonds. The molecule has 9 heteroatoms. The summed E-state index contributed by atoms with van der Waals surface area (Å²) in [5.41, 5.74) is 7.84. The summed E-state index contributed by atoms with van der Waals surface area (Å²) in [5.74, 6) is 0.959. The van der Waals surface area contributed by atoms with Crippen LogP contribution >= 0.6 is 0 Å². The predicted molar refractivity (Wildman–Crippen MR) is 169 cm³/mol. The van der Waals surface area contributed by atoms with Crippen molar-refractivity contribution in [1.29, 1.82) is 0 Å². The molecule has 0 bridgehead atoms. The number of unbranched alkanes of at least 4 members (excludes halogenated alkanes) is 1. The second-order valence-corrected chi connectivity index (χ2v) is 12.2. The minimum Gasteiger partial charge on any atom is -0.449 e. The molecule has 0 aliphatic carbocycles. The van der Waals surface area contributed by atoms with Gasteiger partial charge < -0.3 is 9.30 Å². The number of nitrogens with zero attached hydrogens (tertiary/aromatic N) is 3. The molecular weight excluding hydrogens is 560 g/mol. The first kappa shape index (κ1) is 30.0. The minimum atomic E-state index is -4.21. The highest BCUT2D eigenvalue weighted by Gasteiger charge is 2.24. The highest BCUT2D eigenvalue weighted by Crippen LogP contribution is 2.33. The molecule has 8 nitrogen and oxygen atoms in total. The van der Waals surface area contributed by atoms with Crippen LogP contribution < -0.4 is 4.72 Å². The molecule has 5 rings (SSSR count). The second kappa shape index (κ2) is 12.8. The monoisotopic (exact) mass is 596 g/mol. The molecule has 3 aromatic carbocycles. The number of amides is 1. The Morgan fingerprint density at radius 1 is 0.884 bits per heavy atom. The fourth-order valence-corrected chi connectivity index (χ4v) is 6.26. The number of imidazole rings is 1. The zero-order valence-electron chi connectivity index (χ0n) is 24.9. The number of aryl methyl sites for hydroxylation is 3. The van der Waals surface area contributed by atoms with Crippen molar-refractivity contribution >= 4 is 27.3 Å². The average Bonchev–Trinajstić information content (AvgIpc) is 3.35. The Morgan fingerprint density at radius 2 is 1.60 bits per heavy atom. The van der Waals surface area contributed by atoms with Crippen molar-refractivity contribution in [2.45, 2.75) is 58.4 Å². The number of sulfonamides is 1. The number of benzene rings is 3. The maximum absolute atomic E-state index is 13.4. The standard InChI is InChI=1S/C34H36N4O4S/c1-5-7-19-42-34(39)37-43(40,41)30-18-17-28(26-11-9-8-10-12-26)21-29(30)27-15-13-25(14-16-27)22-38-31(6-2)36-32-23(3)20-24(4)35-33(32)38/h8-18,20-21H,5-7,19,22H2,1-4H3,(H,37,39). The van der Waals surface area contributed by atoms with E-state index in [0.29, 0.717) is 24.1 Å². The van der Waals surface area contributed by atoms with Gasteiger partial charge in [-0.15, -0.1) is 0 Å². The number of carbonyl (C=O) groups excluding carboxylic acids is 1. The van der Waals surface area contributed by atoms with E-state index >= 15 is 0 Å². The fraction of sp³-hybridized carbons (Fsp3) is 0.265. The molecule has 0 saturated carbocycles. The third kappa shape index (κ3) is 6.62. The number of carbonyl (C=O) groups is 1. The normalized spacial score (nSPS) is 11.5. The molecule has 0 aliphatic rings. The first-order valence-electron chi connectivity index (χ1n) is 14.5. The third-order valence-corrected chi connectivity index (χ3v) is 8.72. The highest BCUT2D eigenvalue weighted by atomic mass is 32.2. The van der Waals surface area contributed by atoms with Crippen LogP contribution in [-0.4, -0.2) is 35.7 Å². The first-order valence-corrected chi connectivity index (χ1v) is 16.0. The van der Waals surface area contributed by atoms with Crippen LogP contribution in [0.2, 0.25) is 0 Å². The number of hydrogen-bond donors (Lipinski definition) is 1. The Hall–Kier alpha value is -4.50. The third-order valence-electron chi connectivity index (χ3n) is 7.35. The molecule has 0 spiro atoms. The number of fused-ring (bicyclic) bond motifs is 1. The lowest BCUT2D eigenvalue weighted by Crippen LogP contribution is -2.31. The summed E-state index contributed by atoms with van der Waals surface area (Å²) in [5, 5.41) is 0. The number of nitrogens with one attached hydrogen (secondary N) is 1.